The van der Waals surface area contributed by atoms with E-state index in [9.17, 15) is 17.6 Å². The van der Waals surface area contributed by atoms with E-state index in [4.69, 9.17) is 26.3 Å². The van der Waals surface area contributed by atoms with Crippen molar-refractivity contribution in [2.24, 2.45) is 0 Å². The summed E-state index contributed by atoms with van der Waals surface area (Å²) in [4.78, 5) is 11.7. The number of hydrogen-bond donors (Lipinski definition) is 2. The van der Waals surface area contributed by atoms with Crippen LogP contribution in [0.3, 0.4) is 0 Å². The molecule has 2 N–H and O–H groups in total. The molecule has 34 heavy (non-hydrogen) atoms. The van der Waals surface area contributed by atoms with Gasteiger partial charge in [0, 0.05) is 17.1 Å². The van der Waals surface area contributed by atoms with Gasteiger partial charge in [-0.05, 0) is 79.1 Å². The van der Waals surface area contributed by atoms with Gasteiger partial charge in [0.1, 0.15) is 17.3 Å². The molecule has 0 fully saturated rings. The van der Waals surface area contributed by atoms with Crippen molar-refractivity contribution in [3.05, 3.63) is 88.2 Å². The van der Waals surface area contributed by atoms with Gasteiger partial charge in [-0.1, -0.05) is 17.7 Å². The van der Waals surface area contributed by atoms with Crippen molar-refractivity contribution in [2.75, 3.05) is 6.54 Å². The Balaban J connectivity index is 1.66. The summed E-state index contributed by atoms with van der Waals surface area (Å²) in [5.41, 5.74) is 2.51. The third-order valence-electron chi connectivity index (χ3n) is 5.42. The van der Waals surface area contributed by atoms with Crippen LogP contribution in [0, 0.1) is 12.7 Å². The molecule has 8 nitrogen and oxygen atoms in total. The second-order valence-electron chi connectivity index (χ2n) is 7.52. The highest BCUT2D eigenvalue weighted by Gasteiger charge is 2.41. The van der Waals surface area contributed by atoms with Gasteiger partial charge in [0.2, 0.25) is 10.0 Å². The number of carbonyl (C=O) groups is 1. The molecule has 1 amide bonds. The maximum absolute atomic E-state index is 14.8. The predicted molar refractivity (Wildman–Crippen MR) is 121 cm³/mol. The molecule has 0 unspecified atom stereocenters. The summed E-state index contributed by atoms with van der Waals surface area (Å²) in [5, 5.41) is 9.45. The maximum Gasteiger partial charge on any atom is 0.432 e. The molecule has 11 heteroatoms. The Morgan fingerprint density at radius 3 is 2.32 bits per heavy atom. The molecule has 0 aromatic heterocycles. The van der Waals surface area contributed by atoms with Crippen molar-refractivity contribution < 1.29 is 32.3 Å². The number of benzene rings is 3. The number of halogens is 2. The first-order chi connectivity index (χ1) is 16.2. The van der Waals surface area contributed by atoms with E-state index in [1.54, 1.807) is 37.3 Å². The third kappa shape index (κ3) is 4.71. The minimum Gasteiger partial charge on any atom is -0.457 e. The van der Waals surface area contributed by atoms with Crippen molar-refractivity contribution in [2.45, 2.75) is 24.5 Å². The second-order valence-corrected chi connectivity index (χ2v) is 9.85. The summed E-state index contributed by atoms with van der Waals surface area (Å²) in [6, 6.07) is 15.0. The SMILES string of the molecule is Cc1ccc(F)c2c1CCN(S(=O)(=O)c1ccc(Oc3ccc(Cl)cc3)cc1)[C@H]2OC(=O)NO. The molecule has 0 radical (unpaired) electrons. The number of amides is 1. The van der Waals surface area contributed by atoms with Crippen LogP contribution in [0.15, 0.2) is 65.6 Å². The first-order valence-corrected chi connectivity index (χ1v) is 12.0. The molecule has 178 valence electrons. The lowest BCUT2D eigenvalue weighted by atomic mass is 9.94. The molecule has 1 atom stereocenters. The molecule has 1 aliphatic rings. The van der Waals surface area contributed by atoms with Crippen LogP contribution in [-0.2, 0) is 21.2 Å². The zero-order valence-corrected chi connectivity index (χ0v) is 19.4. The molecule has 3 aromatic rings. The standard InChI is InChI=1S/C23H20ClFN2O6S/c1-14-2-11-20(25)21-19(14)12-13-27(22(21)33-23(28)26-29)34(30,31)18-9-7-17(8-10-18)32-16-5-3-15(24)4-6-16/h2-11,22,29H,12-13H2,1H3,(H,26,28)/t22-/m0/s1. The van der Waals surface area contributed by atoms with Crippen molar-refractivity contribution >= 4 is 27.7 Å². The topological polar surface area (TPSA) is 105 Å². The normalized spacial score (nSPS) is 15.9. The lowest BCUT2D eigenvalue weighted by molar-refractivity contribution is 0.000335. The molecule has 0 spiro atoms. The zero-order valence-electron chi connectivity index (χ0n) is 17.9. The Bertz CT molecular complexity index is 1320. The highest BCUT2D eigenvalue weighted by molar-refractivity contribution is 7.89. The van der Waals surface area contributed by atoms with Crippen LogP contribution in [-0.4, -0.2) is 30.6 Å². The number of rotatable bonds is 5. The summed E-state index contributed by atoms with van der Waals surface area (Å²) < 4.78 is 53.4. The molecule has 1 heterocycles. The summed E-state index contributed by atoms with van der Waals surface area (Å²) in [7, 11) is -4.23. The van der Waals surface area contributed by atoms with Crippen molar-refractivity contribution in [3.8, 4) is 11.5 Å². The summed E-state index contributed by atoms with van der Waals surface area (Å²) in [6.07, 6.45) is -2.70. The van der Waals surface area contributed by atoms with Crippen molar-refractivity contribution in [1.82, 2.24) is 9.79 Å². The van der Waals surface area contributed by atoms with Crippen LogP contribution in [0.5, 0.6) is 11.5 Å². The molecular weight excluding hydrogens is 487 g/mol. The first-order valence-electron chi connectivity index (χ1n) is 10.1. The maximum atomic E-state index is 14.8. The van der Waals surface area contributed by atoms with Crippen molar-refractivity contribution in [3.63, 3.8) is 0 Å². The van der Waals surface area contributed by atoms with Gasteiger partial charge in [-0.2, -0.15) is 4.31 Å². The minimum atomic E-state index is -4.23. The number of carbonyl (C=O) groups excluding carboxylic acids is 1. The molecule has 1 aliphatic heterocycles. The fraction of sp³-hybridized carbons (Fsp3) is 0.174. The summed E-state index contributed by atoms with van der Waals surface area (Å²) >= 11 is 5.86. The van der Waals surface area contributed by atoms with E-state index in [-0.39, 0.29) is 23.4 Å². The second kappa shape index (κ2) is 9.59. The van der Waals surface area contributed by atoms with E-state index in [1.165, 1.54) is 35.8 Å². The lowest BCUT2D eigenvalue weighted by Gasteiger charge is -2.36. The fourth-order valence-electron chi connectivity index (χ4n) is 3.77. The highest BCUT2D eigenvalue weighted by atomic mass is 35.5. The smallest absolute Gasteiger partial charge is 0.432 e. The number of hydroxylamine groups is 1. The van der Waals surface area contributed by atoms with Gasteiger partial charge >= 0.3 is 6.09 Å². The van der Waals surface area contributed by atoms with Crippen LogP contribution >= 0.6 is 11.6 Å². The predicted octanol–water partition coefficient (Wildman–Crippen LogP) is 4.94. The minimum absolute atomic E-state index is 0.0635. The summed E-state index contributed by atoms with van der Waals surface area (Å²) in [5.74, 6) is 0.185. The fourth-order valence-corrected chi connectivity index (χ4v) is 5.38. The van der Waals surface area contributed by atoms with Crippen molar-refractivity contribution in [1.29, 1.82) is 0 Å². The number of nitrogens with one attached hydrogen (secondary N) is 1. The largest absolute Gasteiger partial charge is 0.457 e. The van der Waals surface area contributed by atoms with E-state index in [1.807, 2.05) is 0 Å². The lowest BCUT2D eigenvalue weighted by Crippen LogP contribution is -2.43. The van der Waals surface area contributed by atoms with Gasteiger partial charge in [-0.3, -0.25) is 5.21 Å². The number of aryl methyl sites for hydroxylation is 1. The first kappa shape index (κ1) is 24.0. The molecular formula is C23H20ClFN2O6S. The van der Waals surface area contributed by atoms with Crippen LogP contribution in [0.25, 0.3) is 0 Å². The molecule has 0 bridgehead atoms. The number of sulfonamides is 1. The van der Waals surface area contributed by atoms with Gasteiger partial charge in [-0.15, -0.1) is 0 Å². The van der Waals surface area contributed by atoms with Gasteiger partial charge in [-0.25, -0.2) is 23.1 Å². The van der Waals surface area contributed by atoms with Gasteiger partial charge in [0.25, 0.3) is 0 Å². The van der Waals surface area contributed by atoms with E-state index < -0.39 is 28.2 Å². The Kier molecular flexibility index (Phi) is 6.76. The Morgan fingerprint density at radius 1 is 1.09 bits per heavy atom. The quantitative estimate of drug-likeness (QED) is 0.375. The average molecular weight is 507 g/mol. The number of fused-ring (bicyclic) bond motifs is 1. The van der Waals surface area contributed by atoms with E-state index in [2.05, 4.69) is 0 Å². The molecule has 0 saturated heterocycles. The Hall–Kier alpha value is -3.18. The zero-order chi connectivity index (χ0) is 24.5. The van der Waals surface area contributed by atoms with Crippen LogP contribution in [0.4, 0.5) is 9.18 Å². The van der Waals surface area contributed by atoms with Crippen LogP contribution in [0.2, 0.25) is 5.02 Å². The Morgan fingerprint density at radius 2 is 1.71 bits per heavy atom. The van der Waals surface area contributed by atoms with Gasteiger partial charge in [0.15, 0.2) is 6.23 Å². The van der Waals surface area contributed by atoms with Gasteiger partial charge in [0.05, 0.1) is 4.90 Å². The summed E-state index contributed by atoms with van der Waals surface area (Å²) in [6.45, 7) is 1.69. The molecule has 0 saturated carbocycles. The Labute approximate surface area is 200 Å². The third-order valence-corrected chi connectivity index (χ3v) is 7.53. The number of nitrogens with zero attached hydrogens (tertiary/aromatic N) is 1. The number of hydrogen-bond acceptors (Lipinski definition) is 6. The average Bonchev–Trinajstić information content (AvgIpc) is 2.83. The van der Waals surface area contributed by atoms with E-state index in [0.29, 0.717) is 22.1 Å². The molecule has 0 aliphatic carbocycles. The molecule has 4 rings (SSSR count). The monoisotopic (exact) mass is 506 g/mol. The van der Waals surface area contributed by atoms with Gasteiger partial charge < -0.3 is 9.47 Å². The molecule has 3 aromatic carbocycles. The van der Waals surface area contributed by atoms with Crippen LogP contribution < -0.4 is 10.2 Å². The highest BCUT2D eigenvalue weighted by Crippen LogP contribution is 2.38. The van der Waals surface area contributed by atoms with Crippen LogP contribution in [0.1, 0.15) is 22.9 Å². The van der Waals surface area contributed by atoms with E-state index in [0.717, 1.165) is 9.87 Å². The van der Waals surface area contributed by atoms with E-state index >= 15 is 0 Å². The number of ether oxygens (including phenoxy) is 2.